The summed E-state index contributed by atoms with van der Waals surface area (Å²) in [5.74, 6) is -0.280. The lowest BCUT2D eigenvalue weighted by Gasteiger charge is -2.12. The smallest absolute Gasteiger partial charge is 0.293 e. The van der Waals surface area contributed by atoms with Crippen LogP contribution < -0.4 is 10.9 Å². The van der Waals surface area contributed by atoms with Crippen LogP contribution in [0.4, 0.5) is 0 Å². The molecule has 8 nitrogen and oxygen atoms in total. The Bertz CT molecular complexity index is 1080. The molecule has 0 bridgehead atoms. The Morgan fingerprint density at radius 3 is 3.04 bits per heavy atom. The van der Waals surface area contributed by atoms with Crippen LogP contribution >= 0.6 is 11.6 Å². The Morgan fingerprint density at radius 1 is 1.43 bits per heavy atom. The van der Waals surface area contributed by atoms with Gasteiger partial charge in [0.25, 0.3) is 5.56 Å². The van der Waals surface area contributed by atoms with E-state index in [1.165, 1.54) is 9.36 Å². The van der Waals surface area contributed by atoms with Gasteiger partial charge in [0, 0.05) is 23.6 Å². The molecule has 1 aliphatic rings. The molecule has 0 spiro atoms. The number of benzene rings is 1. The van der Waals surface area contributed by atoms with E-state index < -0.39 is 0 Å². The number of amides is 1. The van der Waals surface area contributed by atoms with Crippen LogP contribution in [0.15, 0.2) is 35.3 Å². The third kappa shape index (κ3) is 3.65. The monoisotopic (exact) mass is 401 g/mol. The van der Waals surface area contributed by atoms with Gasteiger partial charge in [-0.1, -0.05) is 17.7 Å². The van der Waals surface area contributed by atoms with Gasteiger partial charge in [0.1, 0.15) is 12.1 Å². The summed E-state index contributed by atoms with van der Waals surface area (Å²) in [6.45, 7) is 2.79. The Hall–Kier alpha value is -2.71. The van der Waals surface area contributed by atoms with Crippen molar-refractivity contribution < 1.29 is 9.53 Å². The lowest BCUT2D eigenvalue weighted by Crippen LogP contribution is -2.37. The van der Waals surface area contributed by atoms with Crippen molar-refractivity contribution >= 4 is 28.4 Å². The fourth-order valence-electron chi connectivity index (χ4n) is 3.36. The van der Waals surface area contributed by atoms with Crippen LogP contribution in [0, 0.1) is 6.92 Å². The largest absolute Gasteiger partial charge is 0.376 e. The first kappa shape index (κ1) is 18.6. The molecule has 1 unspecified atom stereocenters. The topological polar surface area (TPSA) is 91.0 Å². The first-order valence-corrected chi connectivity index (χ1v) is 9.50. The molecule has 1 saturated heterocycles. The van der Waals surface area contributed by atoms with Gasteiger partial charge in [0.05, 0.1) is 23.7 Å². The first-order chi connectivity index (χ1) is 13.5. The number of hydrogen-bond acceptors (Lipinski definition) is 5. The molecule has 0 aliphatic carbocycles. The highest BCUT2D eigenvalue weighted by molar-refractivity contribution is 6.30. The van der Waals surface area contributed by atoms with Crippen LogP contribution in [0.1, 0.15) is 18.5 Å². The number of carbonyl (C=O) groups excluding carboxylic acids is 1. The molecule has 1 aliphatic heterocycles. The zero-order valence-corrected chi connectivity index (χ0v) is 16.1. The van der Waals surface area contributed by atoms with Gasteiger partial charge in [-0.25, -0.2) is 9.36 Å². The van der Waals surface area contributed by atoms with Crippen molar-refractivity contribution in [2.75, 3.05) is 13.2 Å². The maximum atomic E-state index is 13.0. The molecular formula is C19H20ClN5O3. The average molecular weight is 402 g/mol. The number of hydrogen-bond donors (Lipinski definition) is 1. The van der Waals surface area contributed by atoms with Gasteiger partial charge in [0.15, 0.2) is 0 Å². The minimum Gasteiger partial charge on any atom is -0.376 e. The molecule has 4 rings (SSSR count). The predicted octanol–water partition coefficient (Wildman–Crippen LogP) is 1.84. The summed E-state index contributed by atoms with van der Waals surface area (Å²) >= 11 is 6.07. The van der Waals surface area contributed by atoms with Gasteiger partial charge in [0.2, 0.25) is 5.91 Å². The van der Waals surface area contributed by atoms with Crippen LogP contribution in [-0.2, 0) is 16.1 Å². The molecule has 3 aromatic rings. The summed E-state index contributed by atoms with van der Waals surface area (Å²) in [6.07, 6.45) is 3.58. The second-order valence-electron chi connectivity index (χ2n) is 6.79. The van der Waals surface area contributed by atoms with Crippen LogP contribution in [-0.4, -0.2) is 44.7 Å². The van der Waals surface area contributed by atoms with E-state index in [-0.39, 0.29) is 24.1 Å². The molecule has 0 radical (unpaired) electrons. The van der Waals surface area contributed by atoms with Crippen LogP contribution in [0.3, 0.4) is 0 Å². The highest BCUT2D eigenvalue weighted by Crippen LogP contribution is 2.19. The van der Waals surface area contributed by atoms with Crippen LogP contribution in [0.5, 0.6) is 0 Å². The maximum absolute atomic E-state index is 13.0. The summed E-state index contributed by atoms with van der Waals surface area (Å²) in [5, 5.41) is 12.6. The molecule has 9 heteroatoms. The summed E-state index contributed by atoms with van der Waals surface area (Å²) in [4.78, 5) is 25.3. The highest BCUT2D eigenvalue weighted by Gasteiger charge is 2.19. The number of aryl methyl sites for hydroxylation is 1. The van der Waals surface area contributed by atoms with E-state index >= 15 is 0 Å². The van der Waals surface area contributed by atoms with Crippen molar-refractivity contribution in [2.45, 2.75) is 32.4 Å². The van der Waals surface area contributed by atoms with E-state index in [1.807, 2.05) is 6.07 Å². The molecule has 3 heterocycles. The van der Waals surface area contributed by atoms with E-state index in [1.54, 1.807) is 31.3 Å². The summed E-state index contributed by atoms with van der Waals surface area (Å²) in [5.41, 5.74) is 1.27. The Morgan fingerprint density at radius 2 is 2.29 bits per heavy atom. The Labute approximate surface area is 166 Å². The highest BCUT2D eigenvalue weighted by atomic mass is 35.5. The minimum absolute atomic E-state index is 0.0436. The molecular weight excluding hydrogens is 382 g/mol. The number of ether oxygens (including phenoxy) is 1. The van der Waals surface area contributed by atoms with E-state index in [0.717, 1.165) is 19.4 Å². The fraction of sp³-hybridized carbons (Fsp3) is 0.368. The number of fused-ring (bicyclic) bond motifs is 1. The predicted molar refractivity (Wildman–Crippen MR) is 105 cm³/mol. The molecule has 0 saturated carbocycles. The van der Waals surface area contributed by atoms with Crippen LogP contribution in [0.2, 0.25) is 5.02 Å². The molecule has 2 aromatic heterocycles. The van der Waals surface area contributed by atoms with E-state index in [4.69, 9.17) is 16.3 Å². The van der Waals surface area contributed by atoms with Gasteiger partial charge in [-0.2, -0.15) is 10.2 Å². The SMILES string of the molecule is Cc1nn(CC(=O)NCC2CCCO2)c(=O)c2c1cnn2-c1cccc(Cl)c1. The van der Waals surface area contributed by atoms with Gasteiger partial charge in [-0.05, 0) is 38.0 Å². The minimum atomic E-state index is -0.384. The summed E-state index contributed by atoms with van der Waals surface area (Å²) in [6, 6.07) is 7.07. The van der Waals surface area contributed by atoms with E-state index in [9.17, 15) is 9.59 Å². The second kappa shape index (κ2) is 7.73. The van der Waals surface area contributed by atoms with Crippen molar-refractivity contribution in [3.8, 4) is 5.69 Å². The van der Waals surface area contributed by atoms with Crippen molar-refractivity contribution in [3.63, 3.8) is 0 Å². The Balaban J connectivity index is 1.64. The van der Waals surface area contributed by atoms with Crippen LogP contribution in [0.25, 0.3) is 16.6 Å². The summed E-state index contributed by atoms with van der Waals surface area (Å²) < 4.78 is 8.20. The average Bonchev–Trinajstić information content (AvgIpc) is 3.34. The zero-order chi connectivity index (χ0) is 19.7. The second-order valence-corrected chi connectivity index (χ2v) is 7.22. The first-order valence-electron chi connectivity index (χ1n) is 9.12. The van der Waals surface area contributed by atoms with Gasteiger partial charge in [-0.3, -0.25) is 9.59 Å². The van der Waals surface area contributed by atoms with Crippen molar-refractivity contribution in [1.82, 2.24) is 24.9 Å². The lowest BCUT2D eigenvalue weighted by molar-refractivity contribution is -0.122. The summed E-state index contributed by atoms with van der Waals surface area (Å²) in [7, 11) is 0. The molecule has 146 valence electrons. The zero-order valence-electron chi connectivity index (χ0n) is 15.4. The molecule has 1 aromatic carbocycles. The van der Waals surface area contributed by atoms with Crippen molar-refractivity contribution in [3.05, 3.63) is 51.5 Å². The van der Waals surface area contributed by atoms with Gasteiger partial charge in [-0.15, -0.1) is 0 Å². The molecule has 1 N–H and O–H groups in total. The number of halogens is 1. The molecule has 1 amide bonds. The molecule has 1 atom stereocenters. The van der Waals surface area contributed by atoms with Gasteiger partial charge >= 0.3 is 0 Å². The fourth-order valence-corrected chi connectivity index (χ4v) is 3.54. The molecule has 28 heavy (non-hydrogen) atoms. The Kier molecular flexibility index (Phi) is 5.15. The van der Waals surface area contributed by atoms with Crippen molar-refractivity contribution in [2.24, 2.45) is 0 Å². The van der Waals surface area contributed by atoms with E-state index in [0.29, 0.717) is 33.9 Å². The number of rotatable bonds is 5. The van der Waals surface area contributed by atoms with Crippen molar-refractivity contribution in [1.29, 1.82) is 0 Å². The normalized spacial score (nSPS) is 16.6. The number of carbonyl (C=O) groups is 1. The third-order valence-corrected chi connectivity index (χ3v) is 5.00. The third-order valence-electron chi connectivity index (χ3n) is 4.76. The number of aromatic nitrogens is 4. The lowest BCUT2D eigenvalue weighted by atomic mass is 10.2. The molecule has 1 fully saturated rings. The number of nitrogens with one attached hydrogen (secondary N) is 1. The van der Waals surface area contributed by atoms with Gasteiger partial charge < -0.3 is 10.1 Å². The number of nitrogens with zero attached hydrogens (tertiary/aromatic N) is 4. The maximum Gasteiger partial charge on any atom is 0.293 e. The quantitative estimate of drug-likeness (QED) is 0.704. The standard InChI is InChI=1S/C19H20ClN5O3/c1-12-16-10-22-25(14-5-2-4-13(20)8-14)18(16)19(27)24(23-12)11-17(26)21-9-15-6-3-7-28-15/h2,4-5,8,10,15H,3,6-7,9,11H2,1H3,(H,21,26). The van der Waals surface area contributed by atoms with E-state index in [2.05, 4.69) is 15.5 Å².